The van der Waals surface area contributed by atoms with Crippen molar-refractivity contribution in [3.05, 3.63) is 45.4 Å². The van der Waals surface area contributed by atoms with Crippen LogP contribution in [0.1, 0.15) is 130 Å². The first-order valence-electron chi connectivity index (χ1n) is 20.7. The van der Waals surface area contributed by atoms with E-state index in [9.17, 15) is 5.11 Å². The van der Waals surface area contributed by atoms with Gasteiger partial charge in [-0.2, -0.15) is 0 Å². The lowest BCUT2D eigenvalue weighted by molar-refractivity contribution is -0.0480. The number of benzene rings is 1. The summed E-state index contributed by atoms with van der Waals surface area (Å²) in [6.07, 6.45) is 8.42. The first kappa shape index (κ1) is 41.4. The number of fused-ring (bicyclic) bond motifs is 4. The molecule has 1 aliphatic heterocycles. The van der Waals surface area contributed by atoms with Gasteiger partial charge in [-0.15, -0.1) is 0 Å². The smallest absolute Gasteiger partial charge is 0.265 e. The van der Waals surface area contributed by atoms with Crippen LogP contribution in [-0.4, -0.2) is 99.6 Å². The molecule has 55 heavy (non-hydrogen) atoms. The molecule has 6 rings (SSSR count). The highest BCUT2D eigenvalue weighted by molar-refractivity contribution is 6.74. The molecule has 11 nitrogen and oxygen atoms in total. The summed E-state index contributed by atoms with van der Waals surface area (Å²) < 4.78 is 32.0. The number of aliphatic hydroxyl groups excluding tert-OH is 1. The summed E-state index contributed by atoms with van der Waals surface area (Å²) in [5, 5.41) is 17.0. The molecule has 304 valence electrons. The zero-order valence-corrected chi connectivity index (χ0v) is 36.1. The second kappa shape index (κ2) is 16.3. The summed E-state index contributed by atoms with van der Waals surface area (Å²) in [5.74, 6) is -0.332. The number of hydrogen-bond donors (Lipinski definition) is 1. The van der Waals surface area contributed by atoms with Gasteiger partial charge in [0.25, 0.3) is 5.88 Å². The fraction of sp³-hybridized carbons (Fsp3) is 0.698. The molecule has 1 saturated heterocycles. The standard InChI is InChI=1S/C43H65N3O8Si/c1-11-13-22-51-37-27(18-17-21-46-19-15-16-20-46)26-31(50-8)29-24-28-25-30-35(45(6)7)38-34(41(44-53-38)52-23-14-12-2)40(49)43(30,54-55(9,10)42(3,4)5)39(48)32(28)36(47)33(29)37/h26,28,30,35,48H,11-25H2,1-10H3/t28-,30-,35-,43-/m0/s1. The minimum absolute atomic E-state index is 0.104. The maximum absolute atomic E-state index is 15.5. The van der Waals surface area contributed by atoms with E-state index in [1.165, 1.54) is 12.8 Å². The minimum Gasteiger partial charge on any atom is -0.508 e. The summed E-state index contributed by atoms with van der Waals surface area (Å²) >= 11 is 0. The van der Waals surface area contributed by atoms with Crippen LogP contribution < -0.4 is 14.2 Å². The van der Waals surface area contributed by atoms with Crippen molar-refractivity contribution in [2.45, 2.75) is 129 Å². The first-order valence-corrected chi connectivity index (χ1v) is 23.6. The summed E-state index contributed by atoms with van der Waals surface area (Å²) in [7, 11) is 2.70. The average Bonchev–Trinajstić information content (AvgIpc) is 3.80. The van der Waals surface area contributed by atoms with Gasteiger partial charge in [-0.3, -0.25) is 14.5 Å². The second-order valence-corrected chi connectivity index (χ2v) is 22.6. The van der Waals surface area contributed by atoms with Crippen LogP contribution >= 0.6 is 0 Å². The van der Waals surface area contributed by atoms with E-state index in [1.807, 2.05) is 19.0 Å². The number of ketones is 2. The molecule has 1 fully saturated rings. The maximum atomic E-state index is 15.5. The van der Waals surface area contributed by atoms with E-state index in [1.54, 1.807) is 7.11 Å². The van der Waals surface area contributed by atoms with Gasteiger partial charge in [-0.1, -0.05) is 47.5 Å². The van der Waals surface area contributed by atoms with E-state index < -0.39 is 37.6 Å². The Balaban J connectivity index is 1.55. The lowest BCUT2D eigenvalue weighted by Crippen LogP contribution is -2.65. The zero-order valence-electron chi connectivity index (χ0n) is 35.1. The normalized spacial score (nSPS) is 24.2. The largest absolute Gasteiger partial charge is 0.508 e. The number of rotatable bonds is 16. The van der Waals surface area contributed by atoms with Gasteiger partial charge in [0.2, 0.25) is 5.78 Å². The molecule has 4 aliphatic rings. The van der Waals surface area contributed by atoms with Crippen molar-refractivity contribution in [2.24, 2.45) is 11.8 Å². The predicted octanol–water partition coefficient (Wildman–Crippen LogP) is 8.52. The van der Waals surface area contributed by atoms with Crippen LogP contribution in [0.5, 0.6) is 17.4 Å². The Labute approximate surface area is 329 Å². The van der Waals surface area contributed by atoms with Crippen LogP contribution in [0.2, 0.25) is 18.1 Å². The first-order chi connectivity index (χ1) is 26.1. The SMILES string of the molecule is CCCCOc1noc2c1C(=O)[C@@]1(O[Si](C)(C)C(C)(C)C)C(O)=C3C(=O)c4c(c(OC)cc(CCCN5CCCC5)c4OCCCC)C[C@H]3C[C@H]1[C@@H]2N(C)C. The van der Waals surface area contributed by atoms with Gasteiger partial charge in [0.05, 0.1) is 31.9 Å². The highest BCUT2D eigenvalue weighted by Gasteiger charge is 2.67. The molecule has 1 N–H and O–H groups in total. The Hall–Kier alpha value is -3.19. The number of hydrogen-bond acceptors (Lipinski definition) is 11. The number of likely N-dealkylation sites (tertiary alicyclic amines) is 1. The monoisotopic (exact) mass is 779 g/mol. The fourth-order valence-corrected chi connectivity index (χ4v) is 10.4. The van der Waals surface area contributed by atoms with Crippen LogP contribution in [0.3, 0.4) is 0 Å². The maximum Gasteiger partial charge on any atom is 0.265 e. The number of aliphatic hydroxyl groups is 1. The molecule has 0 spiro atoms. The lowest BCUT2D eigenvalue weighted by Gasteiger charge is -2.55. The quantitative estimate of drug-likeness (QED) is 0.130. The number of carbonyl (C=O) groups excluding carboxylic acids is 2. The number of Topliss-reactive ketones (excluding diaryl/α,β-unsaturated/α-hetero) is 2. The molecular formula is C43H65N3O8Si. The summed E-state index contributed by atoms with van der Waals surface area (Å²) in [4.78, 5) is 35.3. The van der Waals surface area contributed by atoms with Crippen molar-refractivity contribution in [2.75, 3.05) is 54.1 Å². The molecule has 0 radical (unpaired) electrons. The third kappa shape index (κ3) is 7.41. The van der Waals surface area contributed by atoms with Crippen LogP contribution in [0.25, 0.3) is 0 Å². The lowest BCUT2D eigenvalue weighted by atomic mass is 9.58. The van der Waals surface area contributed by atoms with Crippen molar-refractivity contribution >= 4 is 19.9 Å². The number of unbranched alkanes of at least 4 members (excludes halogenated alkanes) is 2. The van der Waals surface area contributed by atoms with E-state index >= 15 is 9.59 Å². The van der Waals surface area contributed by atoms with Gasteiger partial charge in [-0.25, -0.2) is 0 Å². The molecule has 1 aromatic carbocycles. The predicted molar refractivity (Wildman–Crippen MR) is 215 cm³/mol. The number of carbonyl (C=O) groups is 2. The molecule has 3 aliphatic carbocycles. The number of aryl methyl sites for hydroxylation is 1. The van der Waals surface area contributed by atoms with Crippen LogP contribution in [0.15, 0.2) is 21.9 Å². The van der Waals surface area contributed by atoms with Crippen molar-refractivity contribution in [3.8, 4) is 17.4 Å². The van der Waals surface area contributed by atoms with Crippen molar-refractivity contribution in [3.63, 3.8) is 0 Å². The molecular weight excluding hydrogens is 715 g/mol. The second-order valence-electron chi connectivity index (χ2n) is 17.9. The van der Waals surface area contributed by atoms with Gasteiger partial charge >= 0.3 is 0 Å². The van der Waals surface area contributed by atoms with E-state index in [0.29, 0.717) is 48.9 Å². The Morgan fingerprint density at radius 1 is 1.04 bits per heavy atom. The molecule has 0 bridgehead atoms. The average molecular weight is 780 g/mol. The number of allylic oxidation sites excluding steroid dienone is 1. The molecule has 0 unspecified atom stereocenters. The molecule has 2 aromatic rings. The molecule has 4 atom stereocenters. The van der Waals surface area contributed by atoms with Gasteiger partial charge in [0.1, 0.15) is 22.8 Å². The highest BCUT2D eigenvalue weighted by atomic mass is 28.4. The zero-order chi connectivity index (χ0) is 39.9. The number of nitrogens with zero attached hydrogens (tertiary/aromatic N) is 3. The van der Waals surface area contributed by atoms with Gasteiger partial charge in [0.15, 0.2) is 25.5 Å². The summed E-state index contributed by atoms with van der Waals surface area (Å²) in [6.45, 7) is 18.7. The molecule has 0 amide bonds. The Morgan fingerprint density at radius 3 is 2.33 bits per heavy atom. The van der Waals surface area contributed by atoms with Crippen LogP contribution in [0.4, 0.5) is 0 Å². The summed E-state index contributed by atoms with van der Waals surface area (Å²) in [6, 6.07) is 1.56. The Bertz CT molecular complexity index is 1770. The van der Waals surface area contributed by atoms with E-state index in [-0.39, 0.29) is 33.6 Å². The number of methoxy groups -OCH3 is 1. The van der Waals surface area contributed by atoms with Crippen molar-refractivity contribution in [1.82, 2.24) is 15.0 Å². The van der Waals surface area contributed by atoms with E-state index in [0.717, 1.165) is 69.3 Å². The van der Waals surface area contributed by atoms with Gasteiger partial charge < -0.3 is 33.2 Å². The molecule has 0 saturated carbocycles. The van der Waals surface area contributed by atoms with Crippen molar-refractivity contribution < 1.29 is 37.9 Å². The molecule has 1 aromatic heterocycles. The minimum atomic E-state index is -2.83. The van der Waals surface area contributed by atoms with E-state index in [2.05, 4.69) is 63.8 Å². The third-order valence-corrected chi connectivity index (χ3v) is 17.4. The van der Waals surface area contributed by atoms with Crippen molar-refractivity contribution in [1.29, 1.82) is 0 Å². The number of aromatic nitrogens is 1. The highest BCUT2D eigenvalue weighted by Crippen LogP contribution is 2.60. The van der Waals surface area contributed by atoms with Crippen LogP contribution in [-0.2, 0) is 17.3 Å². The molecule has 12 heteroatoms. The Kier molecular flexibility index (Phi) is 12.3. The van der Waals surface area contributed by atoms with Gasteiger partial charge in [0, 0.05) is 17.1 Å². The van der Waals surface area contributed by atoms with E-state index in [4.69, 9.17) is 23.2 Å². The number of ether oxygens (including phenoxy) is 3. The molecule has 2 heterocycles. The van der Waals surface area contributed by atoms with Crippen LogP contribution in [0, 0.1) is 11.8 Å². The summed E-state index contributed by atoms with van der Waals surface area (Å²) in [5.41, 5.74) is 0.717. The topological polar surface area (TPSA) is 124 Å². The fourth-order valence-electron chi connectivity index (χ4n) is 8.97. The Morgan fingerprint density at radius 2 is 1.71 bits per heavy atom. The van der Waals surface area contributed by atoms with Gasteiger partial charge in [-0.05, 0) is 126 Å². The third-order valence-electron chi connectivity index (χ3n) is 12.9.